The number of ether oxygens (including phenoxy) is 1. The molecule has 0 aromatic heterocycles. The van der Waals surface area contributed by atoms with Crippen molar-refractivity contribution in [1.29, 1.82) is 0 Å². The normalized spacial score (nSPS) is 25.7. The van der Waals surface area contributed by atoms with Crippen LogP contribution >= 0.6 is 0 Å². The van der Waals surface area contributed by atoms with Crippen LogP contribution in [0.3, 0.4) is 0 Å². The molecule has 1 aliphatic heterocycles. The Kier molecular flexibility index (Phi) is 3.79. The summed E-state index contributed by atoms with van der Waals surface area (Å²) in [5.74, 6) is 0. The predicted molar refractivity (Wildman–Crippen MR) is 67.5 cm³/mol. The predicted octanol–water partition coefficient (Wildman–Crippen LogP) is 3.74. The molecule has 1 aliphatic rings. The highest BCUT2D eigenvalue weighted by atomic mass is 16.5. The lowest BCUT2D eigenvalue weighted by molar-refractivity contribution is -0.0244. The topological polar surface area (TPSA) is 9.23 Å². The lowest BCUT2D eigenvalue weighted by atomic mass is 9.96. The first-order valence-corrected chi connectivity index (χ1v) is 6.10. The monoisotopic (exact) mass is 216 g/mol. The van der Waals surface area contributed by atoms with Crippen molar-refractivity contribution in [1.82, 2.24) is 0 Å². The molecule has 1 heteroatoms. The molecule has 2 rings (SSSR count). The first kappa shape index (κ1) is 11.4. The van der Waals surface area contributed by atoms with Gasteiger partial charge >= 0.3 is 0 Å². The van der Waals surface area contributed by atoms with Crippen LogP contribution in [0.4, 0.5) is 0 Å². The van der Waals surface area contributed by atoms with E-state index in [1.165, 1.54) is 11.1 Å². The van der Waals surface area contributed by atoms with Crippen molar-refractivity contribution in [3.05, 3.63) is 48.0 Å². The summed E-state index contributed by atoms with van der Waals surface area (Å²) < 4.78 is 5.92. The summed E-state index contributed by atoms with van der Waals surface area (Å²) in [6, 6.07) is 10.6. The zero-order valence-corrected chi connectivity index (χ0v) is 9.99. The summed E-state index contributed by atoms with van der Waals surface area (Å²) in [6.07, 6.45) is 5.00. The maximum absolute atomic E-state index is 5.92. The summed E-state index contributed by atoms with van der Waals surface area (Å²) in [5.41, 5.74) is 2.74. The Morgan fingerprint density at radius 3 is 2.69 bits per heavy atom. The minimum atomic E-state index is 0.349. The second-order valence-electron chi connectivity index (χ2n) is 4.75. The highest BCUT2D eigenvalue weighted by Crippen LogP contribution is 2.25. The molecule has 0 spiro atoms. The fourth-order valence-electron chi connectivity index (χ4n) is 2.38. The van der Waals surface area contributed by atoms with Gasteiger partial charge in [-0.3, -0.25) is 0 Å². The zero-order valence-electron chi connectivity index (χ0n) is 9.99. The molecule has 0 unspecified atom stereocenters. The van der Waals surface area contributed by atoms with Crippen LogP contribution in [0.15, 0.2) is 42.5 Å². The molecule has 0 saturated carbocycles. The molecular weight excluding hydrogens is 196 g/mol. The lowest BCUT2D eigenvalue weighted by Gasteiger charge is -2.29. The Bertz CT molecular complexity index is 342. The number of aryl methyl sites for hydroxylation is 1. The number of hydrogen-bond acceptors (Lipinski definition) is 1. The van der Waals surface area contributed by atoms with E-state index in [2.05, 4.69) is 43.8 Å². The Morgan fingerprint density at radius 2 is 2.00 bits per heavy atom. The van der Waals surface area contributed by atoms with Gasteiger partial charge in [-0.2, -0.15) is 0 Å². The molecule has 1 heterocycles. The maximum Gasteiger partial charge on any atom is 0.0619 e. The van der Waals surface area contributed by atoms with Crippen LogP contribution in [0, 0.1) is 0 Å². The zero-order chi connectivity index (χ0) is 11.4. The summed E-state index contributed by atoms with van der Waals surface area (Å²) in [7, 11) is 0. The van der Waals surface area contributed by atoms with Crippen LogP contribution in [0.5, 0.6) is 0 Å². The molecule has 1 aromatic rings. The molecule has 0 N–H and O–H groups in total. The van der Waals surface area contributed by atoms with E-state index in [0.717, 1.165) is 25.7 Å². The Hall–Kier alpha value is -1.08. The van der Waals surface area contributed by atoms with Gasteiger partial charge in [-0.15, -0.1) is 0 Å². The summed E-state index contributed by atoms with van der Waals surface area (Å²) >= 11 is 0. The molecule has 0 bridgehead atoms. The van der Waals surface area contributed by atoms with Crippen LogP contribution in [0.2, 0.25) is 0 Å². The number of rotatable bonds is 3. The highest BCUT2D eigenvalue weighted by Gasteiger charge is 2.21. The van der Waals surface area contributed by atoms with Crippen molar-refractivity contribution in [2.24, 2.45) is 0 Å². The third kappa shape index (κ3) is 3.21. The van der Waals surface area contributed by atoms with Crippen molar-refractivity contribution in [2.45, 2.75) is 44.8 Å². The Labute approximate surface area is 98.1 Å². The molecule has 0 radical (unpaired) electrons. The van der Waals surface area contributed by atoms with Crippen molar-refractivity contribution in [3.8, 4) is 0 Å². The molecular formula is C15H20O. The van der Waals surface area contributed by atoms with E-state index in [9.17, 15) is 0 Å². The second-order valence-corrected chi connectivity index (χ2v) is 4.75. The molecule has 1 fully saturated rings. The second kappa shape index (κ2) is 5.31. The minimum absolute atomic E-state index is 0.349. The fraction of sp³-hybridized carbons (Fsp3) is 0.467. The molecule has 1 aromatic carbocycles. The molecule has 0 aliphatic carbocycles. The average molecular weight is 216 g/mol. The first-order valence-electron chi connectivity index (χ1n) is 6.10. The van der Waals surface area contributed by atoms with Gasteiger partial charge in [-0.25, -0.2) is 0 Å². The van der Waals surface area contributed by atoms with E-state index in [0.29, 0.717) is 12.2 Å². The lowest BCUT2D eigenvalue weighted by Crippen LogP contribution is -2.27. The average Bonchev–Trinajstić information content (AvgIpc) is 2.27. The van der Waals surface area contributed by atoms with Gasteiger partial charge in [0.2, 0.25) is 0 Å². The maximum atomic E-state index is 5.92. The van der Waals surface area contributed by atoms with Crippen molar-refractivity contribution < 1.29 is 4.74 Å². The molecule has 16 heavy (non-hydrogen) atoms. The van der Waals surface area contributed by atoms with Crippen LogP contribution in [-0.2, 0) is 11.2 Å². The van der Waals surface area contributed by atoms with E-state index < -0.39 is 0 Å². The van der Waals surface area contributed by atoms with Crippen LogP contribution in [0.1, 0.15) is 31.7 Å². The van der Waals surface area contributed by atoms with Gasteiger partial charge in [0.15, 0.2) is 0 Å². The van der Waals surface area contributed by atoms with E-state index in [-0.39, 0.29) is 0 Å². The highest BCUT2D eigenvalue weighted by molar-refractivity contribution is 5.15. The SMILES string of the molecule is C=C1C[C@@H](CCc2ccccc2)O[C@@H](C)C1. The van der Waals surface area contributed by atoms with Gasteiger partial charge in [0.05, 0.1) is 12.2 Å². The van der Waals surface area contributed by atoms with E-state index in [1.807, 2.05) is 0 Å². The molecule has 1 nitrogen and oxygen atoms in total. The minimum Gasteiger partial charge on any atom is -0.375 e. The van der Waals surface area contributed by atoms with Gasteiger partial charge in [0, 0.05) is 0 Å². The smallest absolute Gasteiger partial charge is 0.0619 e. The van der Waals surface area contributed by atoms with Crippen LogP contribution in [0.25, 0.3) is 0 Å². The van der Waals surface area contributed by atoms with Gasteiger partial charge in [-0.1, -0.05) is 42.5 Å². The number of benzene rings is 1. The first-order chi connectivity index (χ1) is 7.74. The van der Waals surface area contributed by atoms with Crippen molar-refractivity contribution >= 4 is 0 Å². The molecule has 0 amide bonds. The fourth-order valence-corrected chi connectivity index (χ4v) is 2.38. The summed E-state index contributed by atoms with van der Waals surface area (Å²) in [4.78, 5) is 0. The summed E-state index contributed by atoms with van der Waals surface area (Å²) in [5, 5.41) is 0. The van der Waals surface area contributed by atoms with Gasteiger partial charge < -0.3 is 4.74 Å². The number of hydrogen-bond donors (Lipinski definition) is 0. The van der Waals surface area contributed by atoms with E-state index in [4.69, 9.17) is 4.74 Å². The molecule has 1 saturated heterocycles. The third-order valence-corrected chi connectivity index (χ3v) is 3.12. The largest absolute Gasteiger partial charge is 0.375 e. The van der Waals surface area contributed by atoms with Crippen LogP contribution in [-0.4, -0.2) is 12.2 Å². The summed E-state index contributed by atoms with van der Waals surface area (Å²) in [6.45, 7) is 6.23. The molecule has 2 atom stereocenters. The molecule has 86 valence electrons. The van der Waals surface area contributed by atoms with E-state index in [1.54, 1.807) is 0 Å². The van der Waals surface area contributed by atoms with Gasteiger partial charge in [0.1, 0.15) is 0 Å². The quantitative estimate of drug-likeness (QED) is 0.699. The van der Waals surface area contributed by atoms with Gasteiger partial charge in [0.25, 0.3) is 0 Å². The third-order valence-electron chi connectivity index (χ3n) is 3.12. The van der Waals surface area contributed by atoms with Crippen molar-refractivity contribution in [2.75, 3.05) is 0 Å². The Morgan fingerprint density at radius 1 is 1.25 bits per heavy atom. The van der Waals surface area contributed by atoms with E-state index >= 15 is 0 Å². The standard InChI is InChI=1S/C15H20O/c1-12-10-13(2)16-15(11-12)9-8-14-6-4-3-5-7-14/h3-7,13,15H,1,8-11H2,2H3/t13-,15+/m0/s1. The Balaban J connectivity index is 1.84. The van der Waals surface area contributed by atoms with Crippen LogP contribution < -0.4 is 0 Å². The van der Waals surface area contributed by atoms with Crippen molar-refractivity contribution in [3.63, 3.8) is 0 Å². The van der Waals surface area contributed by atoms with Gasteiger partial charge in [-0.05, 0) is 38.2 Å².